The Morgan fingerprint density at radius 2 is 1.09 bits per heavy atom. The number of Topliss-reactive ketones (excluding diaryl/α,β-unsaturated/α-hetero) is 1. The Kier molecular flexibility index (Phi) is 16.4. The fraction of sp³-hybridized carbons (Fsp3) is 0.0238. The number of thiophene rings is 1. The van der Waals surface area contributed by atoms with Crippen molar-refractivity contribution in [2.75, 3.05) is 0 Å². The molecule has 0 aliphatic carbocycles. The van der Waals surface area contributed by atoms with Crippen LogP contribution in [0.5, 0.6) is 11.5 Å². The number of fused-ring (bicyclic) bond motifs is 3. The number of halogens is 3. The van der Waals surface area contributed by atoms with Gasteiger partial charge in [-0.25, -0.2) is 0 Å². The molecule has 6 aromatic carbocycles. The molecule has 0 aliphatic rings. The molecule has 8 aromatic rings. The molecule has 4 N–H and O–H groups in total. The fourth-order valence-corrected chi connectivity index (χ4v) is 6.07. The van der Waals surface area contributed by atoms with E-state index in [1.807, 2.05) is 115 Å². The maximum Gasteiger partial charge on any atom is 0.492 e. The van der Waals surface area contributed by atoms with Crippen LogP contribution in [0.3, 0.4) is 0 Å². The molecule has 0 fully saturated rings. The van der Waals surface area contributed by atoms with Crippen molar-refractivity contribution in [3.05, 3.63) is 182 Å². The summed E-state index contributed by atoms with van der Waals surface area (Å²) >= 11 is 15.4. The van der Waals surface area contributed by atoms with Gasteiger partial charge in [-0.15, -0.1) is 11.3 Å². The van der Waals surface area contributed by atoms with E-state index >= 15 is 0 Å². The third-order valence-corrected chi connectivity index (χ3v) is 10.1. The molecule has 0 aliphatic heterocycles. The van der Waals surface area contributed by atoms with Crippen LogP contribution in [0.15, 0.2) is 168 Å². The average Bonchev–Trinajstić information content (AvgIpc) is 3.84. The second-order valence-corrected chi connectivity index (χ2v) is 13.9. The monoisotopic (exact) mass is 874 g/mol. The van der Waals surface area contributed by atoms with E-state index in [0.717, 1.165) is 35.8 Å². The summed E-state index contributed by atoms with van der Waals surface area (Å²) in [5.41, 5.74) is 3.67. The van der Waals surface area contributed by atoms with E-state index in [1.165, 1.54) is 34.2 Å². The quantitative estimate of drug-likeness (QED) is 0.0799. The minimum Gasteiger partial charge on any atom is -0.508 e. The van der Waals surface area contributed by atoms with Crippen molar-refractivity contribution in [3.8, 4) is 22.6 Å². The minimum atomic E-state index is -1.60. The molecule has 0 radical (unpaired) electrons. The molecule has 0 bridgehead atoms. The molecule has 2 heterocycles. The van der Waals surface area contributed by atoms with Crippen LogP contribution in [0, 0.1) is 3.57 Å². The summed E-state index contributed by atoms with van der Waals surface area (Å²) in [4.78, 5) is 11.4. The molecular formula is C42H34BCl2IO6S. The highest BCUT2D eigenvalue weighted by Crippen LogP contribution is 2.33. The molecule has 2 aromatic heterocycles. The lowest BCUT2D eigenvalue weighted by Gasteiger charge is -2.05. The van der Waals surface area contributed by atoms with Gasteiger partial charge in [0.05, 0.1) is 9.90 Å². The first-order valence-corrected chi connectivity index (χ1v) is 18.8. The van der Waals surface area contributed by atoms with E-state index in [4.69, 9.17) is 42.8 Å². The number of carbonyl (C=O) groups is 1. The zero-order valence-corrected chi connectivity index (χ0v) is 32.8. The van der Waals surface area contributed by atoms with Gasteiger partial charge in [0.25, 0.3) is 0 Å². The van der Waals surface area contributed by atoms with Gasteiger partial charge < -0.3 is 24.7 Å². The molecule has 0 amide bonds. The smallest absolute Gasteiger partial charge is 0.492 e. The van der Waals surface area contributed by atoms with Crippen LogP contribution >= 0.6 is 57.1 Å². The van der Waals surface area contributed by atoms with Crippen molar-refractivity contribution in [2.24, 2.45) is 0 Å². The molecule has 8 rings (SSSR count). The predicted molar refractivity (Wildman–Crippen MR) is 229 cm³/mol. The molecule has 11 heteroatoms. The molecule has 6 nitrogen and oxygen atoms in total. The maximum absolute atomic E-state index is 10.5. The summed E-state index contributed by atoms with van der Waals surface area (Å²) in [7, 11) is -1.60. The normalized spacial score (nSPS) is 9.92. The molecular weight excluding hydrogens is 841 g/mol. The van der Waals surface area contributed by atoms with Crippen LogP contribution in [0.25, 0.3) is 33.1 Å². The molecule has 0 saturated heterocycles. The van der Waals surface area contributed by atoms with E-state index in [2.05, 4.69) is 34.7 Å². The fourth-order valence-electron chi connectivity index (χ4n) is 4.68. The van der Waals surface area contributed by atoms with Gasteiger partial charge in [-0.1, -0.05) is 132 Å². The number of aromatic hydroxyl groups is 2. The number of phenolic OH excluding ortho intramolecular Hbond substituents is 2. The first kappa shape index (κ1) is 41.1. The SMILES string of the molecule is CC(=O)c1cccs1.Clc1ccccc1I.OB(O)c1ccccc1O.Oc1ccccc1-c1ccccc1Cl.c1ccc2c(c1)oc1ccccc12. The Bertz CT molecular complexity index is 2230. The summed E-state index contributed by atoms with van der Waals surface area (Å²) in [5, 5.41) is 41.5. The molecule has 0 spiro atoms. The minimum absolute atomic E-state index is 0.0995. The number of benzene rings is 6. The van der Waals surface area contributed by atoms with Gasteiger partial charge in [0.15, 0.2) is 5.78 Å². The summed E-state index contributed by atoms with van der Waals surface area (Å²) < 4.78 is 6.76. The van der Waals surface area contributed by atoms with Crippen LogP contribution in [0.1, 0.15) is 16.6 Å². The molecule has 0 atom stereocenters. The Balaban J connectivity index is 0.000000151. The molecule has 0 saturated carbocycles. The third-order valence-electron chi connectivity index (χ3n) is 7.26. The topological polar surface area (TPSA) is 111 Å². The molecule has 0 unspecified atom stereocenters. The van der Waals surface area contributed by atoms with E-state index in [-0.39, 0.29) is 22.7 Å². The number of rotatable bonds is 3. The van der Waals surface area contributed by atoms with Crippen LogP contribution in [0.4, 0.5) is 0 Å². The van der Waals surface area contributed by atoms with Gasteiger partial charge in [-0.2, -0.15) is 0 Å². The number of phenols is 2. The summed E-state index contributed by atoms with van der Waals surface area (Å²) in [6, 6.07) is 48.3. The van der Waals surface area contributed by atoms with E-state index in [9.17, 15) is 9.90 Å². The van der Waals surface area contributed by atoms with Crippen molar-refractivity contribution < 1.29 is 29.5 Å². The van der Waals surface area contributed by atoms with E-state index in [0.29, 0.717) is 5.02 Å². The van der Waals surface area contributed by atoms with E-state index < -0.39 is 7.12 Å². The molecule has 53 heavy (non-hydrogen) atoms. The second kappa shape index (κ2) is 21.2. The number of furan rings is 1. The van der Waals surface area contributed by atoms with Crippen molar-refractivity contribution >= 4 is 97.4 Å². The van der Waals surface area contributed by atoms with Gasteiger partial charge in [0, 0.05) is 36.0 Å². The van der Waals surface area contributed by atoms with E-state index in [1.54, 1.807) is 31.2 Å². The lowest BCUT2D eigenvalue weighted by molar-refractivity contribution is 0.102. The lowest BCUT2D eigenvalue weighted by Crippen LogP contribution is -2.29. The average molecular weight is 875 g/mol. The van der Waals surface area contributed by atoms with Crippen LogP contribution < -0.4 is 5.46 Å². The largest absolute Gasteiger partial charge is 0.508 e. The first-order valence-electron chi connectivity index (χ1n) is 16.0. The third kappa shape index (κ3) is 12.5. The van der Waals surface area contributed by atoms with Gasteiger partial charge >= 0.3 is 7.12 Å². The maximum atomic E-state index is 10.5. The van der Waals surface area contributed by atoms with Crippen molar-refractivity contribution in [1.82, 2.24) is 0 Å². The number of carbonyl (C=O) groups excluding carboxylic acids is 1. The highest BCUT2D eigenvalue weighted by molar-refractivity contribution is 14.1. The van der Waals surface area contributed by atoms with Gasteiger partial charge in [0.1, 0.15) is 22.7 Å². The first-order chi connectivity index (χ1) is 25.6. The van der Waals surface area contributed by atoms with Crippen molar-refractivity contribution in [2.45, 2.75) is 6.92 Å². The Morgan fingerprint density at radius 3 is 1.53 bits per heavy atom. The van der Waals surface area contributed by atoms with Crippen molar-refractivity contribution in [3.63, 3.8) is 0 Å². The van der Waals surface area contributed by atoms with Crippen LogP contribution in [-0.4, -0.2) is 33.2 Å². The lowest BCUT2D eigenvalue weighted by atomic mass is 9.80. The highest BCUT2D eigenvalue weighted by Gasteiger charge is 2.14. The Labute approximate surface area is 335 Å². The highest BCUT2D eigenvalue weighted by atomic mass is 127. The standard InChI is InChI=1S/C12H9ClO.C12H8O.C6H7BO3.C6H4ClI.C6H6OS/c13-11-7-3-1-5-9(11)10-6-2-4-8-12(10)14;1-3-7-11-9(5-1)10-6-2-4-8-12(10)13-11;8-6-4-2-1-3-5(6)7(9)10;7-5-3-1-2-4-6(5)8;1-5(7)6-3-2-4-8-6/h1-8,14H;1-8H;1-4,8-10H;1-4H;2-4H,1H3. The zero-order valence-electron chi connectivity index (χ0n) is 28.3. The van der Waals surface area contributed by atoms with Gasteiger partial charge in [-0.3, -0.25) is 4.79 Å². The summed E-state index contributed by atoms with van der Waals surface area (Å²) in [6.45, 7) is 1.58. The Hall–Kier alpha value is -4.62. The summed E-state index contributed by atoms with van der Waals surface area (Å²) in [5.74, 6) is 0.304. The van der Waals surface area contributed by atoms with Gasteiger partial charge in [0.2, 0.25) is 0 Å². The molecule has 268 valence electrons. The zero-order chi connectivity index (χ0) is 38.2. The van der Waals surface area contributed by atoms with Crippen LogP contribution in [0.2, 0.25) is 10.0 Å². The Morgan fingerprint density at radius 1 is 0.604 bits per heavy atom. The number of hydrogen-bond donors (Lipinski definition) is 4. The van der Waals surface area contributed by atoms with Gasteiger partial charge in [-0.05, 0) is 83.4 Å². The predicted octanol–water partition coefficient (Wildman–Crippen LogP) is 11.3. The number of hydrogen-bond acceptors (Lipinski definition) is 7. The number of para-hydroxylation sites is 4. The second-order valence-electron chi connectivity index (χ2n) is 11.0. The number of ketones is 1. The summed E-state index contributed by atoms with van der Waals surface area (Å²) in [6.07, 6.45) is 0. The van der Waals surface area contributed by atoms with Crippen LogP contribution in [-0.2, 0) is 0 Å². The van der Waals surface area contributed by atoms with Crippen molar-refractivity contribution in [1.29, 1.82) is 0 Å².